The van der Waals surface area contributed by atoms with E-state index in [-0.39, 0.29) is 11.9 Å². The van der Waals surface area contributed by atoms with Crippen LogP contribution < -0.4 is 11.1 Å². The van der Waals surface area contributed by atoms with E-state index in [1.807, 2.05) is 19.1 Å². The summed E-state index contributed by atoms with van der Waals surface area (Å²) in [7, 11) is 0. The molecule has 1 atom stereocenters. The highest BCUT2D eigenvalue weighted by molar-refractivity contribution is 5.20. The Labute approximate surface area is 102 Å². The lowest BCUT2D eigenvalue weighted by Crippen LogP contribution is -2.38. The maximum atomic E-state index is 13.6. The molecule has 3 heteroatoms. The Balaban J connectivity index is 1.93. The predicted molar refractivity (Wildman–Crippen MR) is 68.2 cm³/mol. The first-order valence-electron chi connectivity index (χ1n) is 6.43. The van der Waals surface area contributed by atoms with Gasteiger partial charge in [-0.25, -0.2) is 4.39 Å². The van der Waals surface area contributed by atoms with Crippen molar-refractivity contribution in [3.63, 3.8) is 0 Å². The lowest BCUT2D eigenvalue weighted by Gasteiger charge is -2.29. The van der Waals surface area contributed by atoms with Gasteiger partial charge in [-0.3, -0.25) is 0 Å². The van der Waals surface area contributed by atoms with Gasteiger partial charge in [0.25, 0.3) is 0 Å². The zero-order chi connectivity index (χ0) is 12.3. The molecule has 1 aliphatic rings. The molecule has 0 bridgehead atoms. The van der Waals surface area contributed by atoms with Crippen LogP contribution in [-0.2, 0) is 0 Å². The second kappa shape index (κ2) is 5.61. The fourth-order valence-corrected chi connectivity index (χ4v) is 2.56. The Morgan fingerprint density at radius 2 is 1.88 bits per heavy atom. The topological polar surface area (TPSA) is 38.0 Å². The lowest BCUT2D eigenvalue weighted by atomic mass is 9.91. The summed E-state index contributed by atoms with van der Waals surface area (Å²) in [6.45, 7) is 2.02. The van der Waals surface area contributed by atoms with Gasteiger partial charge in [-0.2, -0.15) is 0 Å². The van der Waals surface area contributed by atoms with E-state index in [1.54, 1.807) is 6.07 Å². The normalized spacial score (nSPS) is 26.8. The smallest absolute Gasteiger partial charge is 0.127 e. The zero-order valence-electron chi connectivity index (χ0n) is 10.3. The Morgan fingerprint density at radius 1 is 1.24 bits per heavy atom. The van der Waals surface area contributed by atoms with Crippen LogP contribution in [0.15, 0.2) is 24.3 Å². The van der Waals surface area contributed by atoms with Gasteiger partial charge in [-0.05, 0) is 38.7 Å². The maximum Gasteiger partial charge on any atom is 0.127 e. The molecular weight excluding hydrogens is 215 g/mol. The number of rotatable bonds is 3. The van der Waals surface area contributed by atoms with Crippen LogP contribution >= 0.6 is 0 Å². The van der Waals surface area contributed by atoms with E-state index in [0.29, 0.717) is 12.1 Å². The number of halogens is 1. The van der Waals surface area contributed by atoms with Crippen molar-refractivity contribution in [2.24, 2.45) is 5.73 Å². The number of nitrogens with one attached hydrogen (secondary N) is 1. The fraction of sp³-hybridized carbons (Fsp3) is 0.571. The Hall–Kier alpha value is -0.930. The third kappa shape index (κ3) is 3.27. The van der Waals surface area contributed by atoms with Gasteiger partial charge in [0.05, 0.1) is 0 Å². The van der Waals surface area contributed by atoms with Gasteiger partial charge in [0.1, 0.15) is 5.82 Å². The first-order valence-corrected chi connectivity index (χ1v) is 6.43. The van der Waals surface area contributed by atoms with Crippen molar-refractivity contribution in [3.05, 3.63) is 35.6 Å². The second-order valence-electron chi connectivity index (χ2n) is 5.02. The first kappa shape index (κ1) is 12.5. The Bertz CT molecular complexity index is 359. The summed E-state index contributed by atoms with van der Waals surface area (Å²) < 4.78 is 13.6. The minimum Gasteiger partial charge on any atom is -0.328 e. The monoisotopic (exact) mass is 236 g/mol. The number of benzene rings is 1. The summed E-state index contributed by atoms with van der Waals surface area (Å²) in [5.41, 5.74) is 6.63. The van der Waals surface area contributed by atoms with E-state index < -0.39 is 0 Å². The maximum absolute atomic E-state index is 13.6. The van der Waals surface area contributed by atoms with Crippen LogP contribution in [0.1, 0.15) is 44.2 Å². The average Bonchev–Trinajstić information content (AvgIpc) is 2.32. The molecule has 0 spiro atoms. The molecule has 0 aliphatic heterocycles. The quantitative estimate of drug-likeness (QED) is 0.847. The van der Waals surface area contributed by atoms with Gasteiger partial charge >= 0.3 is 0 Å². The molecule has 1 fully saturated rings. The van der Waals surface area contributed by atoms with Crippen LogP contribution in [0.2, 0.25) is 0 Å². The summed E-state index contributed by atoms with van der Waals surface area (Å²) in [6, 6.07) is 7.88. The highest BCUT2D eigenvalue weighted by Crippen LogP contribution is 2.22. The first-order chi connectivity index (χ1) is 8.16. The van der Waals surface area contributed by atoms with Crippen molar-refractivity contribution < 1.29 is 4.39 Å². The van der Waals surface area contributed by atoms with Crippen molar-refractivity contribution in [2.75, 3.05) is 0 Å². The van der Waals surface area contributed by atoms with Crippen LogP contribution in [0.25, 0.3) is 0 Å². The highest BCUT2D eigenvalue weighted by atomic mass is 19.1. The lowest BCUT2D eigenvalue weighted by molar-refractivity contribution is 0.319. The molecular formula is C14H21FN2. The summed E-state index contributed by atoms with van der Waals surface area (Å²) in [6.07, 6.45) is 4.34. The summed E-state index contributed by atoms with van der Waals surface area (Å²) in [5, 5.41) is 3.50. The Morgan fingerprint density at radius 3 is 2.53 bits per heavy atom. The standard InChI is InChI=1S/C14H21FN2/c1-10(13-4-2-3-5-14(13)15)17-12-8-6-11(16)7-9-12/h2-5,10-12,17H,6-9,16H2,1H3/t10-,11?,12?/m1/s1. The summed E-state index contributed by atoms with van der Waals surface area (Å²) >= 11 is 0. The third-order valence-corrected chi connectivity index (χ3v) is 3.63. The van der Waals surface area contributed by atoms with Gasteiger partial charge in [0.2, 0.25) is 0 Å². The molecule has 3 N–H and O–H groups in total. The fourth-order valence-electron chi connectivity index (χ4n) is 2.56. The predicted octanol–water partition coefficient (Wildman–Crippen LogP) is 2.75. The number of hydrogen-bond acceptors (Lipinski definition) is 2. The van der Waals surface area contributed by atoms with Gasteiger partial charge in [-0.15, -0.1) is 0 Å². The van der Waals surface area contributed by atoms with Crippen molar-refractivity contribution in [3.8, 4) is 0 Å². The van der Waals surface area contributed by atoms with Gasteiger partial charge in [-0.1, -0.05) is 18.2 Å². The molecule has 1 saturated carbocycles. The van der Waals surface area contributed by atoms with Crippen molar-refractivity contribution in [2.45, 2.75) is 50.7 Å². The molecule has 0 radical (unpaired) electrons. The van der Waals surface area contributed by atoms with Crippen LogP contribution in [-0.4, -0.2) is 12.1 Å². The molecule has 0 aromatic heterocycles. The molecule has 0 heterocycles. The number of nitrogens with two attached hydrogens (primary N) is 1. The molecule has 1 aromatic rings. The van der Waals surface area contributed by atoms with Crippen LogP contribution in [0.5, 0.6) is 0 Å². The average molecular weight is 236 g/mol. The third-order valence-electron chi connectivity index (χ3n) is 3.63. The molecule has 94 valence electrons. The summed E-state index contributed by atoms with van der Waals surface area (Å²) in [5.74, 6) is -0.125. The second-order valence-corrected chi connectivity index (χ2v) is 5.02. The molecule has 0 amide bonds. The van der Waals surface area contributed by atoms with Crippen molar-refractivity contribution >= 4 is 0 Å². The van der Waals surface area contributed by atoms with Gasteiger partial charge < -0.3 is 11.1 Å². The molecule has 0 unspecified atom stereocenters. The van der Waals surface area contributed by atoms with Crippen LogP contribution in [0.3, 0.4) is 0 Å². The van der Waals surface area contributed by atoms with E-state index in [4.69, 9.17) is 5.73 Å². The van der Waals surface area contributed by atoms with E-state index in [2.05, 4.69) is 5.32 Å². The molecule has 2 nitrogen and oxygen atoms in total. The SMILES string of the molecule is C[C@@H](NC1CCC(N)CC1)c1ccccc1F. The van der Waals surface area contributed by atoms with Gasteiger partial charge in [0.15, 0.2) is 0 Å². The van der Waals surface area contributed by atoms with E-state index in [1.165, 1.54) is 6.07 Å². The van der Waals surface area contributed by atoms with Gasteiger partial charge in [0, 0.05) is 23.7 Å². The zero-order valence-corrected chi connectivity index (χ0v) is 10.3. The molecule has 1 aliphatic carbocycles. The minimum atomic E-state index is -0.125. The molecule has 1 aromatic carbocycles. The van der Waals surface area contributed by atoms with E-state index in [0.717, 1.165) is 31.2 Å². The highest BCUT2D eigenvalue weighted by Gasteiger charge is 2.21. The number of hydrogen-bond donors (Lipinski definition) is 2. The molecule has 17 heavy (non-hydrogen) atoms. The van der Waals surface area contributed by atoms with Crippen LogP contribution in [0, 0.1) is 5.82 Å². The van der Waals surface area contributed by atoms with Crippen molar-refractivity contribution in [1.82, 2.24) is 5.32 Å². The van der Waals surface area contributed by atoms with E-state index >= 15 is 0 Å². The molecule has 0 saturated heterocycles. The summed E-state index contributed by atoms with van der Waals surface area (Å²) in [4.78, 5) is 0. The molecule has 2 rings (SSSR count). The van der Waals surface area contributed by atoms with E-state index in [9.17, 15) is 4.39 Å². The largest absolute Gasteiger partial charge is 0.328 e. The Kier molecular flexibility index (Phi) is 4.13. The van der Waals surface area contributed by atoms with Crippen molar-refractivity contribution in [1.29, 1.82) is 0 Å². The minimum absolute atomic E-state index is 0.0653. The van der Waals surface area contributed by atoms with Crippen LogP contribution in [0.4, 0.5) is 4.39 Å².